The summed E-state index contributed by atoms with van der Waals surface area (Å²) in [5.41, 5.74) is 4.58. The van der Waals surface area contributed by atoms with Crippen molar-refractivity contribution >= 4 is 33.4 Å². The lowest BCUT2D eigenvalue weighted by atomic mass is 10.00. The van der Waals surface area contributed by atoms with Crippen LogP contribution < -0.4 is 11.4 Å². The number of hydrogen-bond donors (Lipinski definition) is 5. The van der Waals surface area contributed by atoms with E-state index in [4.69, 9.17) is 29.0 Å². The third-order valence-electron chi connectivity index (χ3n) is 11.4. The SMILES string of the molecule is CCC(C)CCCCCCCCC(=O)O[C@H](COC(=O)CCCCCCCCCCCCCCCC(C)C)COP(=O)(O)OP(=O)(O)OC[C@H]1O[C@@H](n2ccc(N)nc2=O)C(O)[C@H]1O. The van der Waals surface area contributed by atoms with Gasteiger partial charge in [0.1, 0.15) is 30.7 Å². The van der Waals surface area contributed by atoms with Gasteiger partial charge >= 0.3 is 33.3 Å². The second-order valence-electron chi connectivity index (χ2n) is 17.7. The number of phosphoric acid groups is 2. The largest absolute Gasteiger partial charge is 0.481 e. The average Bonchev–Trinajstić information content (AvgIpc) is 3.51. The van der Waals surface area contributed by atoms with Gasteiger partial charge in [0.25, 0.3) is 0 Å². The van der Waals surface area contributed by atoms with E-state index >= 15 is 0 Å². The Kier molecular flexibility index (Phi) is 29.4. The van der Waals surface area contributed by atoms with E-state index in [1.54, 1.807) is 0 Å². The lowest BCUT2D eigenvalue weighted by Gasteiger charge is -2.21. The molecular formula is C44H81N3O15P2. The van der Waals surface area contributed by atoms with Gasteiger partial charge in [0.05, 0.1) is 13.2 Å². The summed E-state index contributed by atoms with van der Waals surface area (Å²) in [6.07, 6.45) is 18.0. The van der Waals surface area contributed by atoms with Crippen molar-refractivity contribution in [3.63, 3.8) is 0 Å². The molecule has 20 heteroatoms. The molecule has 0 bridgehead atoms. The zero-order valence-corrected chi connectivity index (χ0v) is 40.7. The second kappa shape index (κ2) is 32.5. The summed E-state index contributed by atoms with van der Waals surface area (Å²) in [6.45, 7) is 6.70. The quantitative estimate of drug-likeness (QED) is 0.0235. The lowest BCUT2D eigenvalue weighted by molar-refractivity contribution is -0.161. The summed E-state index contributed by atoms with van der Waals surface area (Å²) in [5.74, 6) is 0.215. The number of nitrogen functional groups attached to an aromatic ring is 1. The number of aliphatic hydroxyl groups excluding tert-OH is 2. The van der Waals surface area contributed by atoms with Gasteiger partial charge in [0.2, 0.25) is 0 Å². The number of carbonyl (C=O) groups is 2. The molecule has 0 spiro atoms. The van der Waals surface area contributed by atoms with Crippen molar-refractivity contribution in [2.45, 2.75) is 212 Å². The molecule has 1 fully saturated rings. The molecule has 0 radical (unpaired) electrons. The molecule has 2 rings (SSSR count). The summed E-state index contributed by atoms with van der Waals surface area (Å²) < 4.78 is 56.6. The minimum absolute atomic E-state index is 0.0525. The maximum absolute atomic E-state index is 12.8. The molecule has 6 N–H and O–H groups in total. The maximum Gasteiger partial charge on any atom is 0.481 e. The first-order valence-corrected chi connectivity index (χ1v) is 26.8. The fraction of sp³-hybridized carbons (Fsp3) is 0.864. The molecule has 0 amide bonds. The van der Waals surface area contributed by atoms with E-state index < -0.39 is 83.7 Å². The number of unbranched alkanes of at least 4 members (excludes halogenated alkanes) is 17. The van der Waals surface area contributed by atoms with Crippen LogP contribution in [0.5, 0.6) is 0 Å². The molecule has 1 saturated heterocycles. The molecule has 64 heavy (non-hydrogen) atoms. The number of phosphoric ester groups is 2. The zero-order valence-electron chi connectivity index (χ0n) is 38.9. The van der Waals surface area contributed by atoms with E-state index in [2.05, 4.69) is 37.0 Å². The molecule has 4 unspecified atom stereocenters. The molecule has 1 aliphatic rings. The van der Waals surface area contributed by atoms with Crippen LogP contribution in [0.15, 0.2) is 17.1 Å². The maximum atomic E-state index is 12.8. The number of anilines is 1. The normalized spacial score (nSPS) is 20.5. The monoisotopic (exact) mass is 954 g/mol. The minimum atomic E-state index is -5.41. The Morgan fingerprint density at radius 2 is 1.25 bits per heavy atom. The van der Waals surface area contributed by atoms with Crippen LogP contribution in [0, 0.1) is 11.8 Å². The topological polar surface area (TPSA) is 265 Å². The van der Waals surface area contributed by atoms with Crippen molar-refractivity contribution in [1.29, 1.82) is 0 Å². The highest BCUT2D eigenvalue weighted by molar-refractivity contribution is 7.61. The minimum Gasteiger partial charge on any atom is -0.462 e. The third kappa shape index (κ3) is 26.2. The Bertz CT molecular complexity index is 1600. The third-order valence-corrected chi connectivity index (χ3v) is 14.0. The van der Waals surface area contributed by atoms with Gasteiger partial charge in [-0.2, -0.15) is 9.29 Å². The molecule has 1 aliphatic heterocycles. The van der Waals surface area contributed by atoms with Crippen LogP contribution in [0.3, 0.4) is 0 Å². The smallest absolute Gasteiger partial charge is 0.462 e. The first kappa shape index (κ1) is 57.9. The van der Waals surface area contributed by atoms with E-state index in [1.807, 2.05) is 0 Å². The van der Waals surface area contributed by atoms with E-state index in [0.29, 0.717) is 18.8 Å². The van der Waals surface area contributed by atoms with Gasteiger partial charge in [-0.15, -0.1) is 0 Å². The number of nitrogens with zero attached hydrogens (tertiary/aromatic N) is 2. The molecule has 8 atom stereocenters. The molecule has 0 saturated carbocycles. The van der Waals surface area contributed by atoms with Gasteiger partial charge in [-0.05, 0) is 30.7 Å². The van der Waals surface area contributed by atoms with Crippen molar-refractivity contribution in [3.05, 3.63) is 22.7 Å². The molecule has 18 nitrogen and oxygen atoms in total. The molecule has 0 aliphatic carbocycles. The number of aliphatic hydroxyl groups is 2. The van der Waals surface area contributed by atoms with Gasteiger partial charge in [-0.25, -0.2) is 13.9 Å². The van der Waals surface area contributed by atoms with Crippen LogP contribution in [0.2, 0.25) is 0 Å². The first-order chi connectivity index (χ1) is 30.4. The number of ether oxygens (including phenoxy) is 3. The molecular weight excluding hydrogens is 872 g/mol. The number of hydrogen-bond acceptors (Lipinski definition) is 15. The Labute approximate surface area is 380 Å². The number of carbonyl (C=O) groups excluding carboxylic acids is 2. The highest BCUT2D eigenvalue weighted by Gasteiger charge is 2.46. The van der Waals surface area contributed by atoms with Gasteiger partial charge in [0.15, 0.2) is 12.3 Å². The average molecular weight is 954 g/mol. The van der Waals surface area contributed by atoms with Crippen LogP contribution >= 0.6 is 15.6 Å². The van der Waals surface area contributed by atoms with Crippen LogP contribution in [0.1, 0.15) is 188 Å². The van der Waals surface area contributed by atoms with E-state index in [-0.39, 0.29) is 18.7 Å². The van der Waals surface area contributed by atoms with E-state index in [1.165, 1.54) is 82.9 Å². The van der Waals surface area contributed by atoms with E-state index in [9.17, 15) is 43.5 Å². The fourth-order valence-corrected chi connectivity index (χ4v) is 9.41. The van der Waals surface area contributed by atoms with Crippen molar-refractivity contribution in [3.8, 4) is 0 Å². The summed E-state index contributed by atoms with van der Waals surface area (Å²) in [4.78, 5) is 61.7. The number of aromatic nitrogens is 2. The van der Waals surface area contributed by atoms with Crippen molar-refractivity contribution in [2.75, 3.05) is 25.6 Å². The predicted octanol–water partition coefficient (Wildman–Crippen LogP) is 8.82. The van der Waals surface area contributed by atoms with E-state index in [0.717, 1.165) is 68.3 Å². The number of nitrogens with two attached hydrogens (primary N) is 1. The summed E-state index contributed by atoms with van der Waals surface area (Å²) >= 11 is 0. The standard InChI is InChI=1S/C44H81N3O15P2/c1-5-35(4)26-22-18-15-16-20-24-28-40(49)60-36(31-57-39(48)27-23-19-14-12-10-8-6-7-9-11-13-17-21-25-34(2)3)32-58-63(53,54)62-64(55,56)59-33-37-41(50)42(51)43(61-37)47-30-29-38(45)46-44(47)52/h29-30,34-37,41-43,50-51H,5-28,31-33H2,1-4H3,(H,53,54)(H,55,56)(H2,45,46,52)/t35?,36-,37-,41+,42?,43-/m1/s1. The van der Waals surface area contributed by atoms with Crippen LogP contribution in [0.25, 0.3) is 0 Å². The second-order valence-corrected chi connectivity index (χ2v) is 20.7. The Morgan fingerprint density at radius 1 is 0.750 bits per heavy atom. The lowest BCUT2D eigenvalue weighted by Crippen LogP contribution is -2.36. The number of esters is 2. The van der Waals surface area contributed by atoms with Crippen molar-refractivity contribution in [2.24, 2.45) is 11.8 Å². The highest BCUT2D eigenvalue weighted by atomic mass is 31.3. The fourth-order valence-electron chi connectivity index (χ4n) is 7.30. The van der Waals surface area contributed by atoms with Gasteiger partial charge < -0.3 is 39.9 Å². The number of rotatable bonds is 38. The van der Waals surface area contributed by atoms with Gasteiger partial charge in [0, 0.05) is 19.0 Å². The predicted molar refractivity (Wildman–Crippen MR) is 243 cm³/mol. The summed E-state index contributed by atoms with van der Waals surface area (Å²) in [7, 11) is -10.8. The Balaban J connectivity index is 1.80. The van der Waals surface area contributed by atoms with Crippen molar-refractivity contribution < 1.29 is 66.3 Å². The molecule has 372 valence electrons. The van der Waals surface area contributed by atoms with Gasteiger partial charge in [-0.1, -0.05) is 156 Å². The van der Waals surface area contributed by atoms with Crippen LogP contribution in [0.4, 0.5) is 5.82 Å². The first-order valence-electron chi connectivity index (χ1n) is 23.8. The Hall–Kier alpha value is -2.24. The van der Waals surface area contributed by atoms with Crippen LogP contribution in [-0.2, 0) is 46.3 Å². The molecule has 1 aromatic heterocycles. The Morgan fingerprint density at radius 3 is 1.78 bits per heavy atom. The molecule has 0 aromatic carbocycles. The highest BCUT2D eigenvalue weighted by Crippen LogP contribution is 2.60. The zero-order chi connectivity index (χ0) is 47.4. The van der Waals surface area contributed by atoms with Crippen LogP contribution in [-0.4, -0.2) is 85.7 Å². The summed E-state index contributed by atoms with van der Waals surface area (Å²) in [6, 6.07) is 1.25. The summed E-state index contributed by atoms with van der Waals surface area (Å²) in [5, 5.41) is 20.9. The molecule has 2 heterocycles. The van der Waals surface area contributed by atoms with Crippen molar-refractivity contribution in [1.82, 2.24) is 9.55 Å². The van der Waals surface area contributed by atoms with Gasteiger partial charge in [-0.3, -0.25) is 23.2 Å². The molecule has 1 aromatic rings.